The number of thiazole rings is 1. The van der Waals surface area contributed by atoms with Crippen molar-refractivity contribution in [2.45, 2.75) is 13.0 Å². The lowest BCUT2D eigenvalue weighted by Gasteiger charge is -2.34. The van der Waals surface area contributed by atoms with E-state index in [1.165, 1.54) is 5.56 Å². The molecule has 1 N–H and O–H groups in total. The number of amides is 2. The van der Waals surface area contributed by atoms with Crippen molar-refractivity contribution in [3.8, 4) is 0 Å². The smallest absolute Gasteiger partial charge is 0.317 e. The first-order valence-electron chi connectivity index (χ1n) is 9.41. The molecule has 2 amide bonds. The number of para-hydroxylation sites is 1. The van der Waals surface area contributed by atoms with Gasteiger partial charge < -0.3 is 10.2 Å². The predicted molar refractivity (Wildman–Crippen MR) is 110 cm³/mol. The summed E-state index contributed by atoms with van der Waals surface area (Å²) in [5.74, 6) is 0. The van der Waals surface area contributed by atoms with Crippen molar-refractivity contribution in [3.05, 3.63) is 65.2 Å². The number of hydrogen-bond donors (Lipinski definition) is 1. The van der Waals surface area contributed by atoms with Crippen LogP contribution in [0.25, 0.3) is 10.2 Å². The largest absolute Gasteiger partial charge is 0.331 e. The van der Waals surface area contributed by atoms with Crippen molar-refractivity contribution < 1.29 is 4.79 Å². The lowest BCUT2D eigenvalue weighted by Crippen LogP contribution is -2.51. The third-order valence-electron chi connectivity index (χ3n) is 4.95. The van der Waals surface area contributed by atoms with Crippen LogP contribution in [-0.2, 0) is 13.0 Å². The summed E-state index contributed by atoms with van der Waals surface area (Å²) in [6, 6.07) is 18.6. The minimum Gasteiger partial charge on any atom is -0.331 e. The molecule has 1 aliphatic rings. The Morgan fingerprint density at radius 2 is 1.74 bits per heavy atom. The Morgan fingerprint density at radius 3 is 2.52 bits per heavy atom. The number of nitrogens with zero attached hydrogens (tertiary/aromatic N) is 3. The second kappa shape index (κ2) is 8.50. The minimum atomic E-state index is 0.0111. The number of benzene rings is 2. The van der Waals surface area contributed by atoms with Gasteiger partial charge in [-0.05, 0) is 24.1 Å². The van der Waals surface area contributed by atoms with E-state index < -0.39 is 0 Å². The summed E-state index contributed by atoms with van der Waals surface area (Å²) in [5.41, 5.74) is 2.37. The van der Waals surface area contributed by atoms with Gasteiger partial charge in [0.15, 0.2) is 0 Å². The molecule has 0 spiro atoms. The Bertz CT molecular complexity index is 854. The van der Waals surface area contributed by atoms with Crippen LogP contribution in [0.3, 0.4) is 0 Å². The van der Waals surface area contributed by atoms with Crippen LogP contribution in [-0.4, -0.2) is 53.5 Å². The summed E-state index contributed by atoms with van der Waals surface area (Å²) in [5, 5.41) is 3.97. The van der Waals surface area contributed by atoms with Crippen molar-refractivity contribution in [2.75, 3.05) is 32.7 Å². The second-order valence-electron chi connectivity index (χ2n) is 6.80. The van der Waals surface area contributed by atoms with Gasteiger partial charge >= 0.3 is 6.03 Å². The maximum atomic E-state index is 12.4. The number of carbonyl (C=O) groups excluding carboxylic acids is 1. The van der Waals surface area contributed by atoms with Crippen LogP contribution in [0.1, 0.15) is 10.6 Å². The standard InChI is InChI=1S/C21H24N4OS/c26-21(22-16-20-23-18-8-4-5-9-19(18)27-20)25-14-12-24(13-15-25)11-10-17-6-2-1-3-7-17/h1-9H,10-16H2,(H,22,26). The van der Waals surface area contributed by atoms with Crippen molar-refractivity contribution in [3.63, 3.8) is 0 Å². The molecule has 2 aromatic carbocycles. The number of aromatic nitrogens is 1. The third kappa shape index (κ3) is 4.64. The fraction of sp³-hybridized carbons (Fsp3) is 0.333. The molecular weight excluding hydrogens is 356 g/mol. The molecule has 6 heteroatoms. The molecular formula is C21H24N4OS. The number of carbonyl (C=O) groups is 1. The third-order valence-corrected chi connectivity index (χ3v) is 5.98. The zero-order chi connectivity index (χ0) is 18.5. The highest BCUT2D eigenvalue weighted by Gasteiger charge is 2.20. The summed E-state index contributed by atoms with van der Waals surface area (Å²) in [6.45, 7) is 4.96. The van der Waals surface area contributed by atoms with E-state index in [1.807, 2.05) is 23.1 Å². The molecule has 0 aliphatic carbocycles. The number of fused-ring (bicyclic) bond motifs is 1. The van der Waals surface area contributed by atoms with Gasteiger partial charge in [-0.3, -0.25) is 4.90 Å². The van der Waals surface area contributed by atoms with E-state index >= 15 is 0 Å². The average Bonchev–Trinajstić information content (AvgIpc) is 3.15. The van der Waals surface area contributed by atoms with E-state index in [0.29, 0.717) is 6.54 Å². The van der Waals surface area contributed by atoms with Crippen molar-refractivity contribution in [2.24, 2.45) is 0 Å². The molecule has 2 heterocycles. The highest BCUT2D eigenvalue weighted by Crippen LogP contribution is 2.21. The van der Waals surface area contributed by atoms with Gasteiger partial charge in [0, 0.05) is 32.7 Å². The van der Waals surface area contributed by atoms with Crippen LogP contribution in [0.4, 0.5) is 4.79 Å². The normalized spacial score (nSPS) is 15.2. The highest BCUT2D eigenvalue weighted by atomic mass is 32.1. The average molecular weight is 381 g/mol. The Kier molecular flexibility index (Phi) is 5.65. The number of nitrogens with one attached hydrogen (secondary N) is 1. The number of urea groups is 1. The molecule has 0 saturated carbocycles. The zero-order valence-corrected chi connectivity index (χ0v) is 16.1. The predicted octanol–water partition coefficient (Wildman–Crippen LogP) is 3.37. The van der Waals surface area contributed by atoms with Crippen molar-refractivity contribution in [1.82, 2.24) is 20.1 Å². The number of hydrogen-bond acceptors (Lipinski definition) is 4. The maximum Gasteiger partial charge on any atom is 0.317 e. The van der Waals surface area contributed by atoms with Gasteiger partial charge in [0.1, 0.15) is 5.01 Å². The number of rotatable bonds is 5. The van der Waals surface area contributed by atoms with E-state index in [2.05, 4.69) is 51.6 Å². The second-order valence-corrected chi connectivity index (χ2v) is 7.91. The zero-order valence-electron chi connectivity index (χ0n) is 15.3. The summed E-state index contributed by atoms with van der Waals surface area (Å²) < 4.78 is 1.16. The van der Waals surface area contributed by atoms with Gasteiger partial charge in [-0.15, -0.1) is 11.3 Å². The number of piperazine rings is 1. The molecule has 27 heavy (non-hydrogen) atoms. The van der Waals surface area contributed by atoms with E-state index in [0.717, 1.165) is 54.4 Å². The Labute approximate surface area is 163 Å². The van der Waals surface area contributed by atoms with Crippen LogP contribution in [0.15, 0.2) is 54.6 Å². The first kappa shape index (κ1) is 17.9. The molecule has 4 rings (SSSR count). The van der Waals surface area contributed by atoms with E-state index in [9.17, 15) is 4.79 Å². The van der Waals surface area contributed by atoms with E-state index in [1.54, 1.807) is 11.3 Å². The SMILES string of the molecule is O=C(NCc1nc2ccccc2s1)N1CCN(CCc2ccccc2)CC1. The highest BCUT2D eigenvalue weighted by molar-refractivity contribution is 7.18. The molecule has 140 valence electrons. The Hall–Kier alpha value is -2.44. The van der Waals surface area contributed by atoms with Gasteiger partial charge in [-0.2, -0.15) is 0 Å². The molecule has 0 bridgehead atoms. The van der Waals surface area contributed by atoms with Gasteiger partial charge in [0.05, 0.1) is 16.8 Å². The Balaban J connectivity index is 1.21. The molecule has 1 fully saturated rings. The van der Waals surface area contributed by atoms with Gasteiger partial charge in [-0.1, -0.05) is 42.5 Å². The minimum absolute atomic E-state index is 0.0111. The molecule has 3 aromatic rings. The summed E-state index contributed by atoms with van der Waals surface area (Å²) in [4.78, 5) is 21.4. The van der Waals surface area contributed by atoms with Crippen LogP contribution in [0.5, 0.6) is 0 Å². The first-order chi connectivity index (χ1) is 13.3. The monoisotopic (exact) mass is 380 g/mol. The topological polar surface area (TPSA) is 48.5 Å². The summed E-state index contributed by atoms with van der Waals surface area (Å²) in [7, 11) is 0. The van der Waals surface area contributed by atoms with Crippen LogP contribution < -0.4 is 5.32 Å². The molecule has 0 radical (unpaired) electrons. The Morgan fingerprint density at radius 1 is 1.00 bits per heavy atom. The lowest BCUT2D eigenvalue weighted by atomic mass is 10.1. The van der Waals surface area contributed by atoms with Crippen LogP contribution >= 0.6 is 11.3 Å². The molecule has 0 atom stereocenters. The molecule has 1 saturated heterocycles. The molecule has 5 nitrogen and oxygen atoms in total. The fourth-order valence-electron chi connectivity index (χ4n) is 3.37. The summed E-state index contributed by atoms with van der Waals surface area (Å²) >= 11 is 1.64. The molecule has 0 unspecified atom stereocenters. The van der Waals surface area contributed by atoms with Crippen molar-refractivity contribution >= 4 is 27.6 Å². The fourth-order valence-corrected chi connectivity index (χ4v) is 4.27. The van der Waals surface area contributed by atoms with E-state index in [4.69, 9.17) is 0 Å². The van der Waals surface area contributed by atoms with Gasteiger partial charge in [-0.25, -0.2) is 9.78 Å². The summed E-state index contributed by atoms with van der Waals surface area (Å²) in [6.07, 6.45) is 1.06. The van der Waals surface area contributed by atoms with Crippen LogP contribution in [0, 0.1) is 0 Å². The van der Waals surface area contributed by atoms with Gasteiger partial charge in [0.25, 0.3) is 0 Å². The quantitative estimate of drug-likeness (QED) is 0.738. The van der Waals surface area contributed by atoms with Crippen LogP contribution in [0.2, 0.25) is 0 Å². The van der Waals surface area contributed by atoms with E-state index in [-0.39, 0.29) is 6.03 Å². The van der Waals surface area contributed by atoms with Gasteiger partial charge in [0.2, 0.25) is 0 Å². The van der Waals surface area contributed by atoms with Crippen molar-refractivity contribution in [1.29, 1.82) is 0 Å². The first-order valence-corrected chi connectivity index (χ1v) is 10.2. The molecule has 1 aliphatic heterocycles. The lowest BCUT2D eigenvalue weighted by molar-refractivity contribution is 0.140. The maximum absolute atomic E-state index is 12.4. The molecule has 1 aromatic heterocycles.